The van der Waals surface area contributed by atoms with Crippen LogP contribution in [0.4, 0.5) is 0 Å². The molecule has 0 aromatic heterocycles. The number of carbonyl (C=O) groups is 7. The van der Waals surface area contributed by atoms with Crippen LogP contribution in [-0.4, -0.2) is 122 Å². The maximum Gasteiger partial charge on any atom is 0.303 e. The van der Waals surface area contributed by atoms with Crippen LogP contribution in [0, 0.1) is 0 Å². The maximum atomic E-state index is 14.5. The van der Waals surface area contributed by atoms with Crippen molar-refractivity contribution < 1.29 is 48.1 Å². The molecule has 318 valence electrons. The number of hydrogen-bond donors (Lipinski definition) is 7. The Kier molecular flexibility index (Phi) is 17.2. The predicted octanol–water partition coefficient (Wildman–Crippen LogP) is 0.562. The summed E-state index contributed by atoms with van der Waals surface area (Å²) < 4.78 is 11.3. The van der Waals surface area contributed by atoms with E-state index in [2.05, 4.69) is 26.6 Å². The zero-order chi connectivity index (χ0) is 43.0. The van der Waals surface area contributed by atoms with E-state index in [1.807, 2.05) is 61.5 Å². The van der Waals surface area contributed by atoms with Gasteiger partial charge in [0.1, 0.15) is 36.0 Å². The minimum absolute atomic E-state index is 0.000465. The van der Waals surface area contributed by atoms with E-state index >= 15 is 0 Å². The highest BCUT2D eigenvalue weighted by molar-refractivity contribution is 5.98. The molecule has 17 heteroatoms. The number of nitrogens with two attached hydrogens (primary N) is 1. The molecule has 59 heavy (non-hydrogen) atoms. The number of carboxylic acids is 1. The van der Waals surface area contributed by atoms with Crippen LogP contribution in [0.2, 0.25) is 0 Å². The summed E-state index contributed by atoms with van der Waals surface area (Å²) in [5, 5.41) is 24.7. The smallest absolute Gasteiger partial charge is 0.303 e. The molecule has 0 aliphatic carbocycles. The number of fused-ring (bicyclic) bond motifs is 1. The van der Waals surface area contributed by atoms with E-state index in [-0.39, 0.29) is 58.3 Å². The van der Waals surface area contributed by atoms with Crippen LogP contribution in [0.5, 0.6) is 5.75 Å². The summed E-state index contributed by atoms with van der Waals surface area (Å²) in [5.41, 5.74) is 4.99. The van der Waals surface area contributed by atoms with E-state index in [0.29, 0.717) is 17.9 Å². The summed E-state index contributed by atoms with van der Waals surface area (Å²) in [6, 6.07) is 16.8. The van der Waals surface area contributed by atoms with E-state index in [1.54, 1.807) is 24.3 Å². The highest BCUT2D eigenvalue weighted by Gasteiger charge is 2.44. The molecule has 1 saturated heterocycles. The molecule has 0 spiro atoms. The van der Waals surface area contributed by atoms with Gasteiger partial charge in [-0.15, -0.1) is 0 Å². The van der Waals surface area contributed by atoms with Crippen LogP contribution in [0.15, 0.2) is 66.7 Å². The van der Waals surface area contributed by atoms with E-state index < -0.39 is 71.5 Å². The molecule has 3 aromatic carbocycles. The number of carbonyl (C=O) groups excluding carboxylic acids is 6. The van der Waals surface area contributed by atoms with Gasteiger partial charge in [-0.05, 0) is 54.5 Å². The Hall–Kier alpha value is -6.07. The molecule has 3 atom stereocenters. The summed E-state index contributed by atoms with van der Waals surface area (Å²) in [7, 11) is 3.89. The van der Waals surface area contributed by atoms with Gasteiger partial charge in [0.25, 0.3) is 0 Å². The van der Waals surface area contributed by atoms with Gasteiger partial charge in [-0.25, -0.2) is 0 Å². The summed E-state index contributed by atoms with van der Waals surface area (Å²) >= 11 is 0. The second-order valence-electron chi connectivity index (χ2n) is 14.8. The Morgan fingerprint density at radius 1 is 0.797 bits per heavy atom. The lowest BCUT2D eigenvalue weighted by Crippen LogP contribution is -2.66. The van der Waals surface area contributed by atoms with Gasteiger partial charge in [0.05, 0.1) is 0 Å². The van der Waals surface area contributed by atoms with Crippen LogP contribution in [0.25, 0.3) is 10.8 Å². The molecule has 1 aliphatic rings. The Balaban J connectivity index is 1.60. The number of hydrogen-bond acceptors (Lipinski definition) is 10. The Bertz CT molecular complexity index is 1950. The highest BCUT2D eigenvalue weighted by Crippen LogP contribution is 2.23. The van der Waals surface area contributed by atoms with E-state index in [9.17, 15) is 38.7 Å². The van der Waals surface area contributed by atoms with Crippen LogP contribution in [-0.2, 0) is 51.1 Å². The fraction of sp³-hybridized carbons (Fsp3) is 0.452. The third-order valence-corrected chi connectivity index (χ3v) is 9.83. The monoisotopic (exact) mass is 817 g/mol. The van der Waals surface area contributed by atoms with Gasteiger partial charge in [-0.1, -0.05) is 54.6 Å². The van der Waals surface area contributed by atoms with Gasteiger partial charge in [0, 0.05) is 71.8 Å². The number of aliphatic carboxylic acids is 1. The van der Waals surface area contributed by atoms with Gasteiger partial charge in [-0.3, -0.25) is 33.6 Å². The lowest BCUT2D eigenvalue weighted by atomic mass is 9.87. The Morgan fingerprint density at radius 2 is 1.44 bits per heavy atom. The van der Waals surface area contributed by atoms with Gasteiger partial charge < -0.3 is 51.8 Å². The van der Waals surface area contributed by atoms with Crippen molar-refractivity contribution in [3.63, 3.8) is 0 Å². The number of amides is 6. The first kappa shape index (κ1) is 45.6. The minimum atomic E-state index is -1.62. The van der Waals surface area contributed by atoms with Crippen LogP contribution in [0.3, 0.4) is 0 Å². The van der Waals surface area contributed by atoms with Crippen molar-refractivity contribution >= 4 is 52.2 Å². The summed E-state index contributed by atoms with van der Waals surface area (Å²) in [6.45, 7) is 2.52. The Labute approximate surface area is 343 Å². The maximum absolute atomic E-state index is 14.5. The second-order valence-corrected chi connectivity index (χ2v) is 14.8. The van der Waals surface area contributed by atoms with Crippen molar-refractivity contribution in [3.8, 4) is 5.75 Å². The molecular weight excluding hydrogens is 763 g/mol. The molecule has 6 amide bonds. The number of rotatable bonds is 22. The topological polar surface area (TPSA) is 248 Å². The highest BCUT2D eigenvalue weighted by atomic mass is 16.5. The first-order chi connectivity index (χ1) is 28.1. The van der Waals surface area contributed by atoms with Crippen molar-refractivity contribution in [1.29, 1.82) is 0 Å². The largest absolute Gasteiger partial charge is 0.492 e. The molecule has 0 unspecified atom stereocenters. The average molecular weight is 818 g/mol. The molecule has 17 nitrogen and oxygen atoms in total. The van der Waals surface area contributed by atoms with Crippen LogP contribution in [0.1, 0.15) is 50.2 Å². The van der Waals surface area contributed by atoms with E-state index in [0.717, 1.165) is 22.9 Å². The third kappa shape index (κ3) is 14.7. The lowest BCUT2D eigenvalue weighted by Gasteiger charge is -2.38. The molecule has 1 aliphatic heterocycles. The van der Waals surface area contributed by atoms with Crippen molar-refractivity contribution in [3.05, 3.63) is 77.9 Å². The molecule has 4 rings (SSSR count). The molecule has 1 heterocycles. The van der Waals surface area contributed by atoms with Gasteiger partial charge in [0.15, 0.2) is 0 Å². The fourth-order valence-corrected chi connectivity index (χ4v) is 6.56. The first-order valence-electron chi connectivity index (χ1n) is 19.5. The van der Waals surface area contributed by atoms with Crippen LogP contribution >= 0.6 is 0 Å². The number of carboxylic acid groups (broad SMARTS) is 1. The number of likely N-dealkylation sites (N-methyl/N-ethyl adjacent to an activating group) is 1. The zero-order valence-electron chi connectivity index (χ0n) is 33.7. The number of nitrogens with zero attached hydrogens (tertiary/aromatic N) is 1. The Morgan fingerprint density at radius 3 is 2.08 bits per heavy atom. The SMILES string of the molecule is CC(=O)N[C@@H](Cc1ccc(OCCN(C)C)cc1)C(=O)N[C@@H](Cc1ccc2ccccc2c1)C(=O)NC1(C(=O)N[C@@H](CCC(=O)O)C(=O)NCCC(N)=O)CCOCC1. The van der Waals surface area contributed by atoms with Crippen molar-refractivity contribution in [1.82, 2.24) is 31.5 Å². The lowest BCUT2D eigenvalue weighted by molar-refractivity contribution is -0.141. The molecule has 1 fully saturated rings. The minimum Gasteiger partial charge on any atom is -0.492 e. The number of benzene rings is 3. The molecule has 0 bridgehead atoms. The summed E-state index contributed by atoms with van der Waals surface area (Å²) in [5.74, 6) is -4.51. The van der Waals surface area contributed by atoms with Crippen molar-refractivity contribution in [2.75, 3.05) is 47.0 Å². The standard InChI is InChI=1S/C42H55N7O10/c1-27(50)45-34(25-28-9-12-32(13-10-28)59-23-20-49(2)3)39(55)46-35(26-29-8-11-30-6-4-5-7-31(30)24-29)40(56)48-42(17-21-58-22-18-42)41(57)47-33(14-15-37(52)53)38(54)44-19-16-36(43)51/h4-13,24,33-35H,14-23,25-26H2,1-3H3,(H2,43,51)(H,44,54)(H,45,50)(H,46,55)(H,47,57)(H,48,56)(H,52,53)/t33-,34-,35-/m0/s1. The van der Waals surface area contributed by atoms with E-state index in [4.69, 9.17) is 15.2 Å². The van der Waals surface area contributed by atoms with Gasteiger partial charge in [-0.2, -0.15) is 0 Å². The van der Waals surface area contributed by atoms with Gasteiger partial charge in [0.2, 0.25) is 35.4 Å². The first-order valence-corrected chi connectivity index (χ1v) is 19.5. The number of nitrogens with one attached hydrogen (secondary N) is 5. The van der Waals surface area contributed by atoms with E-state index in [1.165, 1.54) is 6.92 Å². The summed E-state index contributed by atoms with van der Waals surface area (Å²) in [4.78, 5) is 92.9. The second kappa shape index (κ2) is 22.2. The zero-order valence-corrected chi connectivity index (χ0v) is 33.7. The van der Waals surface area contributed by atoms with Crippen molar-refractivity contribution in [2.24, 2.45) is 5.73 Å². The summed E-state index contributed by atoms with van der Waals surface area (Å²) in [6.07, 6.45) is -0.808. The van der Waals surface area contributed by atoms with Crippen molar-refractivity contribution in [2.45, 2.75) is 75.5 Å². The molecule has 0 saturated carbocycles. The molecular formula is C42H55N7O10. The number of primary amides is 1. The third-order valence-electron chi connectivity index (χ3n) is 9.83. The fourth-order valence-electron chi connectivity index (χ4n) is 6.56. The molecule has 3 aromatic rings. The quantitative estimate of drug-likeness (QED) is 0.0739. The van der Waals surface area contributed by atoms with Crippen LogP contribution < -0.4 is 37.1 Å². The normalized spacial score (nSPS) is 14.9. The number of ether oxygens (including phenoxy) is 2. The average Bonchev–Trinajstić information content (AvgIpc) is 3.19. The predicted molar refractivity (Wildman–Crippen MR) is 218 cm³/mol. The van der Waals surface area contributed by atoms with Gasteiger partial charge >= 0.3 is 5.97 Å². The molecule has 8 N–H and O–H groups in total. The molecule has 0 radical (unpaired) electrons.